The first-order valence-electron chi connectivity index (χ1n) is 6.85. The number of aromatic nitrogens is 5. The van der Waals surface area contributed by atoms with E-state index in [1.807, 2.05) is 30.3 Å². The minimum absolute atomic E-state index is 0.215. The first kappa shape index (κ1) is 13.9. The second-order valence-electron chi connectivity index (χ2n) is 4.63. The van der Waals surface area contributed by atoms with Crippen LogP contribution in [0.25, 0.3) is 11.3 Å². The summed E-state index contributed by atoms with van der Waals surface area (Å²) < 4.78 is 4.94. The zero-order chi connectivity index (χ0) is 15.2. The van der Waals surface area contributed by atoms with Crippen LogP contribution in [0.1, 0.15) is 22.6 Å². The normalized spacial score (nSPS) is 10.5. The van der Waals surface area contributed by atoms with Crippen LogP contribution in [0.4, 0.5) is 0 Å². The third-order valence-corrected chi connectivity index (χ3v) is 3.11. The van der Waals surface area contributed by atoms with Crippen LogP contribution in [0.5, 0.6) is 0 Å². The Morgan fingerprint density at radius 3 is 2.91 bits per heavy atom. The molecule has 0 saturated heterocycles. The van der Waals surface area contributed by atoms with Crippen molar-refractivity contribution < 1.29 is 9.32 Å². The van der Waals surface area contributed by atoms with E-state index in [4.69, 9.17) is 4.52 Å². The summed E-state index contributed by atoms with van der Waals surface area (Å²) in [5.41, 5.74) is 1.80. The molecule has 0 saturated carbocycles. The molecule has 8 nitrogen and oxygen atoms in total. The Morgan fingerprint density at radius 1 is 1.27 bits per heavy atom. The van der Waals surface area contributed by atoms with Gasteiger partial charge < -0.3 is 9.84 Å². The number of hydrogen-bond acceptors (Lipinski definition) is 6. The molecule has 0 radical (unpaired) electrons. The minimum atomic E-state index is -0.215. The van der Waals surface area contributed by atoms with Gasteiger partial charge in [0.25, 0.3) is 5.91 Å². The van der Waals surface area contributed by atoms with Gasteiger partial charge in [0, 0.05) is 18.5 Å². The fourth-order valence-corrected chi connectivity index (χ4v) is 2.03. The summed E-state index contributed by atoms with van der Waals surface area (Å²) in [5, 5.41) is 20.3. The molecule has 1 aromatic carbocycles. The number of amides is 1. The minimum Gasteiger partial charge on any atom is -0.363 e. The van der Waals surface area contributed by atoms with Gasteiger partial charge in [-0.25, -0.2) is 0 Å². The molecule has 112 valence electrons. The van der Waals surface area contributed by atoms with Gasteiger partial charge in [-0.1, -0.05) is 40.7 Å². The van der Waals surface area contributed by atoms with Crippen molar-refractivity contribution in [2.24, 2.45) is 0 Å². The van der Waals surface area contributed by atoms with Gasteiger partial charge in [0.15, 0.2) is 5.82 Å². The summed E-state index contributed by atoms with van der Waals surface area (Å²) in [4.78, 5) is 12.2. The number of rotatable bonds is 6. The zero-order valence-corrected chi connectivity index (χ0v) is 11.7. The molecule has 0 spiro atoms. The SMILES string of the molecule is O=C(NCCCc1nn[nH]n1)c1conc1-c1ccccc1. The smallest absolute Gasteiger partial charge is 0.256 e. The first-order valence-corrected chi connectivity index (χ1v) is 6.85. The number of aryl methyl sites for hydroxylation is 1. The Bertz CT molecular complexity index is 723. The highest BCUT2D eigenvalue weighted by molar-refractivity contribution is 5.99. The molecular formula is C14H14N6O2. The first-order chi connectivity index (χ1) is 10.8. The molecule has 0 aliphatic heterocycles. The van der Waals surface area contributed by atoms with Gasteiger partial charge in [0.2, 0.25) is 0 Å². The third kappa shape index (κ3) is 3.17. The van der Waals surface area contributed by atoms with E-state index >= 15 is 0 Å². The van der Waals surface area contributed by atoms with E-state index in [0.717, 1.165) is 12.0 Å². The van der Waals surface area contributed by atoms with Gasteiger partial charge in [0.05, 0.1) is 0 Å². The highest BCUT2D eigenvalue weighted by atomic mass is 16.5. The highest BCUT2D eigenvalue weighted by Crippen LogP contribution is 2.21. The molecule has 0 aliphatic carbocycles. The monoisotopic (exact) mass is 298 g/mol. The lowest BCUT2D eigenvalue weighted by atomic mass is 10.1. The number of carbonyl (C=O) groups excluding carboxylic acids is 1. The van der Waals surface area contributed by atoms with Crippen molar-refractivity contribution in [3.05, 3.63) is 48.0 Å². The van der Waals surface area contributed by atoms with Crippen LogP contribution >= 0.6 is 0 Å². The standard InChI is InChI=1S/C14H14N6O2/c21-14(15-8-4-7-12-16-19-20-17-12)11-9-22-18-13(11)10-5-2-1-3-6-10/h1-3,5-6,9H,4,7-8H2,(H,15,21)(H,16,17,19,20). The van der Waals surface area contributed by atoms with E-state index in [-0.39, 0.29) is 5.91 Å². The average Bonchev–Trinajstić information content (AvgIpc) is 3.23. The molecule has 1 amide bonds. The molecule has 22 heavy (non-hydrogen) atoms. The van der Waals surface area contributed by atoms with Gasteiger partial charge in [-0.15, -0.1) is 10.2 Å². The van der Waals surface area contributed by atoms with Crippen molar-refractivity contribution in [1.82, 2.24) is 31.1 Å². The molecule has 0 fully saturated rings. The van der Waals surface area contributed by atoms with Crippen molar-refractivity contribution in [2.45, 2.75) is 12.8 Å². The van der Waals surface area contributed by atoms with E-state index in [0.29, 0.717) is 30.0 Å². The van der Waals surface area contributed by atoms with Crippen molar-refractivity contribution >= 4 is 5.91 Å². The van der Waals surface area contributed by atoms with Gasteiger partial charge in [-0.3, -0.25) is 4.79 Å². The van der Waals surface area contributed by atoms with Crippen molar-refractivity contribution in [1.29, 1.82) is 0 Å². The van der Waals surface area contributed by atoms with E-state index in [9.17, 15) is 4.79 Å². The summed E-state index contributed by atoms with van der Waals surface area (Å²) >= 11 is 0. The van der Waals surface area contributed by atoms with Crippen molar-refractivity contribution in [3.63, 3.8) is 0 Å². The second-order valence-corrected chi connectivity index (χ2v) is 4.63. The largest absolute Gasteiger partial charge is 0.363 e. The summed E-state index contributed by atoms with van der Waals surface area (Å²) in [6, 6.07) is 9.43. The quantitative estimate of drug-likeness (QED) is 0.662. The predicted molar refractivity (Wildman–Crippen MR) is 76.8 cm³/mol. The second kappa shape index (κ2) is 6.61. The van der Waals surface area contributed by atoms with E-state index < -0.39 is 0 Å². The van der Waals surface area contributed by atoms with Crippen LogP contribution in [0.2, 0.25) is 0 Å². The van der Waals surface area contributed by atoms with Crippen molar-refractivity contribution in [3.8, 4) is 11.3 Å². The molecule has 0 aliphatic rings. The van der Waals surface area contributed by atoms with Crippen LogP contribution in [-0.2, 0) is 6.42 Å². The molecule has 0 unspecified atom stereocenters. The highest BCUT2D eigenvalue weighted by Gasteiger charge is 2.16. The lowest BCUT2D eigenvalue weighted by Crippen LogP contribution is -2.25. The van der Waals surface area contributed by atoms with Crippen LogP contribution in [-0.4, -0.2) is 38.2 Å². The van der Waals surface area contributed by atoms with Crippen LogP contribution in [0, 0.1) is 0 Å². The van der Waals surface area contributed by atoms with Gasteiger partial charge in [-0.05, 0) is 6.42 Å². The Balaban J connectivity index is 1.58. The number of hydrogen-bond donors (Lipinski definition) is 2. The molecule has 8 heteroatoms. The van der Waals surface area contributed by atoms with Gasteiger partial charge in [0.1, 0.15) is 17.5 Å². The average molecular weight is 298 g/mol. The van der Waals surface area contributed by atoms with E-state index in [2.05, 4.69) is 31.1 Å². The molecule has 2 N–H and O–H groups in total. The third-order valence-electron chi connectivity index (χ3n) is 3.11. The lowest BCUT2D eigenvalue weighted by Gasteiger charge is -2.03. The fraction of sp³-hybridized carbons (Fsp3) is 0.214. The molecule has 2 heterocycles. The maximum Gasteiger partial charge on any atom is 0.256 e. The van der Waals surface area contributed by atoms with E-state index in [1.165, 1.54) is 6.26 Å². The van der Waals surface area contributed by atoms with Gasteiger partial charge in [-0.2, -0.15) is 5.21 Å². The number of aromatic amines is 1. The number of H-pyrrole nitrogens is 1. The van der Waals surface area contributed by atoms with Gasteiger partial charge >= 0.3 is 0 Å². The Hall–Kier alpha value is -3.03. The molecule has 3 aromatic rings. The molecule has 2 aromatic heterocycles. The topological polar surface area (TPSA) is 110 Å². The summed E-state index contributed by atoms with van der Waals surface area (Å²) in [5.74, 6) is 0.414. The Labute approximate surface area is 125 Å². The van der Waals surface area contributed by atoms with Crippen LogP contribution in [0.15, 0.2) is 41.1 Å². The van der Waals surface area contributed by atoms with Crippen LogP contribution in [0.3, 0.4) is 0 Å². The number of nitrogens with one attached hydrogen (secondary N) is 2. The Morgan fingerprint density at radius 2 is 2.14 bits per heavy atom. The number of tetrazole rings is 1. The number of nitrogens with zero attached hydrogens (tertiary/aromatic N) is 4. The van der Waals surface area contributed by atoms with Crippen LogP contribution < -0.4 is 5.32 Å². The van der Waals surface area contributed by atoms with E-state index in [1.54, 1.807) is 0 Å². The molecule has 3 rings (SSSR count). The fourth-order valence-electron chi connectivity index (χ4n) is 2.03. The zero-order valence-electron chi connectivity index (χ0n) is 11.7. The molecular weight excluding hydrogens is 284 g/mol. The Kier molecular flexibility index (Phi) is 4.19. The predicted octanol–water partition coefficient (Wildman–Crippen LogP) is 1.22. The summed E-state index contributed by atoms with van der Waals surface area (Å²) in [6.07, 6.45) is 2.72. The molecule has 0 atom stereocenters. The van der Waals surface area contributed by atoms with Crippen molar-refractivity contribution in [2.75, 3.05) is 6.54 Å². The number of carbonyl (C=O) groups is 1. The molecule has 0 bridgehead atoms. The maximum absolute atomic E-state index is 12.2. The summed E-state index contributed by atoms with van der Waals surface area (Å²) in [6.45, 7) is 0.507. The maximum atomic E-state index is 12.2. The number of benzene rings is 1. The summed E-state index contributed by atoms with van der Waals surface area (Å²) in [7, 11) is 0. The lowest BCUT2D eigenvalue weighted by molar-refractivity contribution is 0.0953.